The van der Waals surface area contributed by atoms with Crippen LogP contribution in [-0.4, -0.2) is 30.3 Å². The highest BCUT2D eigenvalue weighted by molar-refractivity contribution is 6.01. The fraction of sp³-hybridized carbons (Fsp3) is 0.200. The van der Waals surface area contributed by atoms with Gasteiger partial charge in [-0.15, -0.1) is 0 Å². The van der Waals surface area contributed by atoms with Crippen LogP contribution >= 0.6 is 0 Å². The summed E-state index contributed by atoms with van der Waals surface area (Å²) in [5.41, 5.74) is 3.07. The number of ether oxygens (including phenoxy) is 2. The second-order valence-corrected chi connectivity index (χ2v) is 5.81. The summed E-state index contributed by atoms with van der Waals surface area (Å²) in [6.07, 6.45) is 2.24. The largest absolute Gasteiger partial charge is 0.494 e. The highest BCUT2D eigenvalue weighted by Gasteiger charge is 2.20. The summed E-state index contributed by atoms with van der Waals surface area (Å²) in [6.45, 7) is -0.258. The lowest BCUT2D eigenvalue weighted by Crippen LogP contribution is -2.07. The van der Waals surface area contributed by atoms with Crippen molar-refractivity contribution < 1.29 is 23.8 Å². The first-order valence-electron chi connectivity index (χ1n) is 7.99. The van der Waals surface area contributed by atoms with E-state index in [9.17, 15) is 14.3 Å². The van der Waals surface area contributed by atoms with Crippen molar-refractivity contribution in [2.75, 3.05) is 14.2 Å². The molecule has 0 fully saturated rings. The number of methoxy groups -OCH3 is 2. The predicted molar refractivity (Wildman–Crippen MR) is 94.8 cm³/mol. The molecule has 3 rings (SSSR count). The van der Waals surface area contributed by atoms with E-state index in [0.717, 1.165) is 11.1 Å². The van der Waals surface area contributed by atoms with E-state index in [0.29, 0.717) is 28.6 Å². The number of halogens is 1. The highest BCUT2D eigenvalue weighted by Crippen LogP contribution is 2.32. The summed E-state index contributed by atoms with van der Waals surface area (Å²) in [5.74, 6) is -0.541. The third kappa shape index (κ3) is 3.36. The fourth-order valence-corrected chi connectivity index (χ4v) is 2.91. The lowest BCUT2D eigenvalue weighted by Gasteiger charge is -2.14. The lowest BCUT2D eigenvalue weighted by molar-refractivity contribution is 0.0597. The van der Waals surface area contributed by atoms with Crippen molar-refractivity contribution >= 4 is 16.9 Å². The zero-order valence-electron chi connectivity index (χ0n) is 14.5. The number of carbonyl (C=O) groups excluding carboxylic acids is 1. The number of hydrogen-bond donors (Lipinski definition) is 1. The third-order valence-corrected chi connectivity index (χ3v) is 4.17. The molecule has 0 aliphatic carbocycles. The monoisotopic (exact) mass is 355 g/mol. The first kappa shape index (κ1) is 17.8. The molecule has 0 aliphatic heterocycles. The molecule has 0 radical (unpaired) electrons. The van der Waals surface area contributed by atoms with E-state index in [1.807, 2.05) is 6.07 Å². The van der Waals surface area contributed by atoms with Gasteiger partial charge < -0.3 is 14.6 Å². The number of aromatic nitrogens is 1. The topological polar surface area (TPSA) is 68.7 Å². The van der Waals surface area contributed by atoms with Gasteiger partial charge >= 0.3 is 5.97 Å². The Morgan fingerprint density at radius 3 is 2.50 bits per heavy atom. The number of rotatable bonds is 5. The van der Waals surface area contributed by atoms with Crippen LogP contribution in [0.2, 0.25) is 0 Å². The van der Waals surface area contributed by atoms with Crippen molar-refractivity contribution in [3.05, 3.63) is 70.7 Å². The van der Waals surface area contributed by atoms with Gasteiger partial charge in [0.25, 0.3) is 0 Å². The maximum absolute atomic E-state index is 13.1. The summed E-state index contributed by atoms with van der Waals surface area (Å²) >= 11 is 0. The van der Waals surface area contributed by atoms with E-state index in [-0.39, 0.29) is 18.0 Å². The molecule has 0 amide bonds. The van der Waals surface area contributed by atoms with E-state index in [1.54, 1.807) is 24.4 Å². The number of pyridine rings is 1. The van der Waals surface area contributed by atoms with Gasteiger partial charge in [-0.2, -0.15) is 0 Å². The Morgan fingerprint density at radius 1 is 1.15 bits per heavy atom. The third-order valence-electron chi connectivity index (χ3n) is 4.17. The average molecular weight is 355 g/mol. The second-order valence-electron chi connectivity index (χ2n) is 5.81. The van der Waals surface area contributed by atoms with Crippen molar-refractivity contribution in [1.29, 1.82) is 0 Å². The van der Waals surface area contributed by atoms with E-state index < -0.39 is 5.97 Å². The summed E-state index contributed by atoms with van der Waals surface area (Å²) in [5, 5.41) is 10.4. The van der Waals surface area contributed by atoms with Gasteiger partial charge in [-0.25, -0.2) is 9.18 Å². The normalized spacial score (nSPS) is 10.8. The first-order chi connectivity index (χ1) is 12.6. The molecule has 3 aromatic rings. The molecule has 0 aliphatic rings. The molecule has 26 heavy (non-hydrogen) atoms. The van der Waals surface area contributed by atoms with E-state index >= 15 is 0 Å². The molecule has 0 bridgehead atoms. The van der Waals surface area contributed by atoms with Crippen molar-refractivity contribution in [2.24, 2.45) is 0 Å². The summed E-state index contributed by atoms with van der Waals surface area (Å²) < 4.78 is 23.2. The van der Waals surface area contributed by atoms with Gasteiger partial charge in [0.1, 0.15) is 16.9 Å². The molecular weight excluding hydrogens is 337 g/mol. The molecule has 1 aromatic heterocycles. The van der Waals surface area contributed by atoms with Crippen LogP contribution in [0.5, 0.6) is 5.75 Å². The SMILES string of the molecule is COC(=O)c1cc(CO)c2cc(Cc3ccc(F)cc3)cnc2c1OC. The van der Waals surface area contributed by atoms with E-state index in [1.165, 1.54) is 26.4 Å². The Hall–Kier alpha value is -2.99. The molecule has 2 aromatic carbocycles. The van der Waals surface area contributed by atoms with Crippen LogP contribution in [0.3, 0.4) is 0 Å². The van der Waals surface area contributed by atoms with Gasteiger partial charge in [-0.3, -0.25) is 4.98 Å². The van der Waals surface area contributed by atoms with Crippen molar-refractivity contribution in [3.63, 3.8) is 0 Å². The minimum Gasteiger partial charge on any atom is -0.494 e. The summed E-state index contributed by atoms with van der Waals surface area (Å²) in [7, 11) is 2.73. The standard InChI is InChI=1S/C20H18FNO4/c1-25-19-17(20(24)26-2)9-14(11-23)16-8-13(10-22-18(16)19)7-12-3-5-15(21)6-4-12/h3-6,8-10,23H,7,11H2,1-2H3. The maximum Gasteiger partial charge on any atom is 0.341 e. The van der Waals surface area contributed by atoms with Crippen LogP contribution in [0.1, 0.15) is 27.0 Å². The molecule has 0 saturated heterocycles. The summed E-state index contributed by atoms with van der Waals surface area (Å²) in [4.78, 5) is 16.4. The van der Waals surface area contributed by atoms with Crippen molar-refractivity contribution in [2.45, 2.75) is 13.0 Å². The number of aliphatic hydroxyl groups is 1. The molecule has 134 valence electrons. The number of benzene rings is 2. The van der Waals surface area contributed by atoms with Gasteiger partial charge in [0.2, 0.25) is 0 Å². The number of esters is 1. The van der Waals surface area contributed by atoms with Crippen LogP contribution in [0.25, 0.3) is 10.9 Å². The molecule has 6 heteroatoms. The molecule has 1 N–H and O–H groups in total. The molecule has 1 heterocycles. The summed E-state index contributed by atoms with van der Waals surface area (Å²) in [6, 6.07) is 9.70. The number of fused-ring (bicyclic) bond motifs is 1. The van der Waals surface area contributed by atoms with Crippen LogP contribution < -0.4 is 4.74 Å². The second kappa shape index (κ2) is 7.49. The molecule has 0 saturated carbocycles. The Morgan fingerprint density at radius 2 is 1.88 bits per heavy atom. The van der Waals surface area contributed by atoms with Crippen molar-refractivity contribution in [3.8, 4) is 5.75 Å². The Labute approximate surface area is 150 Å². The Balaban J connectivity index is 2.11. The molecule has 5 nitrogen and oxygen atoms in total. The molecule has 0 atom stereocenters. The van der Waals surface area contributed by atoms with Gasteiger partial charge in [-0.1, -0.05) is 12.1 Å². The molecule has 0 spiro atoms. The molecular formula is C20H18FNO4. The maximum atomic E-state index is 13.1. The number of hydrogen-bond acceptors (Lipinski definition) is 5. The number of nitrogens with zero attached hydrogens (tertiary/aromatic N) is 1. The van der Waals surface area contributed by atoms with Crippen LogP contribution in [0, 0.1) is 5.82 Å². The minimum atomic E-state index is -0.560. The molecule has 0 unspecified atom stereocenters. The lowest BCUT2D eigenvalue weighted by atomic mass is 9.99. The van der Waals surface area contributed by atoms with Crippen LogP contribution in [-0.2, 0) is 17.8 Å². The van der Waals surface area contributed by atoms with Crippen molar-refractivity contribution in [1.82, 2.24) is 4.98 Å². The van der Waals surface area contributed by atoms with Crippen LogP contribution in [0.4, 0.5) is 4.39 Å². The quantitative estimate of drug-likeness (QED) is 0.712. The Kier molecular flexibility index (Phi) is 5.14. The van der Waals surface area contributed by atoms with Gasteiger partial charge in [0, 0.05) is 11.6 Å². The smallest absolute Gasteiger partial charge is 0.341 e. The average Bonchev–Trinajstić information content (AvgIpc) is 2.67. The van der Waals surface area contributed by atoms with Gasteiger partial charge in [0.15, 0.2) is 5.75 Å². The highest BCUT2D eigenvalue weighted by atomic mass is 19.1. The minimum absolute atomic E-state index is 0.213. The number of aliphatic hydroxyl groups excluding tert-OH is 1. The zero-order chi connectivity index (χ0) is 18.7. The van der Waals surface area contributed by atoms with E-state index in [4.69, 9.17) is 9.47 Å². The van der Waals surface area contributed by atoms with Gasteiger partial charge in [-0.05, 0) is 47.4 Å². The predicted octanol–water partition coefficient (Wildman–Crippen LogP) is 3.25. The van der Waals surface area contributed by atoms with E-state index in [2.05, 4.69) is 4.98 Å². The van der Waals surface area contributed by atoms with Gasteiger partial charge in [0.05, 0.1) is 20.8 Å². The number of carbonyl (C=O) groups is 1. The Bertz CT molecular complexity index is 954. The zero-order valence-corrected chi connectivity index (χ0v) is 14.5. The van der Waals surface area contributed by atoms with Crippen LogP contribution in [0.15, 0.2) is 42.6 Å². The fourth-order valence-electron chi connectivity index (χ4n) is 2.91. The first-order valence-corrected chi connectivity index (χ1v) is 7.99.